The summed E-state index contributed by atoms with van der Waals surface area (Å²) in [6.07, 6.45) is -3.91. The molecular formula is C20H20F3N5O3. The van der Waals surface area contributed by atoms with Gasteiger partial charge < -0.3 is 14.8 Å². The summed E-state index contributed by atoms with van der Waals surface area (Å²) in [5.74, 6) is 0.863. The van der Waals surface area contributed by atoms with Crippen LogP contribution < -0.4 is 14.8 Å². The van der Waals surface area contributed by atoms with Gasteiger partial charge in [-0.1, -0.05) is 18.2 Å². The number of rotatable bonds is 8. The van der Waals surface area contributed by atoms with E-state index in [4.69, 9.17) is 9.47 Å². The highest BCUT2D eigenvalue weighted by Gasteiger charge is 2.30. The summed E-state index contributed by atoms with van der Waals surface area (Å²) < 4.78 is 49.0. The van der Waals surface area contributed by atoms with E-state index >= 15 is 0 Å². The number of ether oxygens (including phenoxy) is 2. The molecule has 0 radical (unpaired) electrons. The molecular weight excluding hydrogens is 415 g/mol. The number of halogens is 3. The lowest BCUT2D eigenvalue weighted by Crippen LogP contribution is -2.30. The van der Waals surface area contributed by atoms with Crippen molar-refractivity contribution in [2.24, 2.45) is 0 Å². The Labute approximate surface area is 176 Å². The van der Waals surface area contributed by atoms with Crippen molar-refractivity contribution in [3.8, 4) is 22.9 Å². The van der Waals surface area contributed by atoms with Gasteiger partial charge in [-0.15, -0.1) is 10.2 Å². The number of hydrogen-bond acceptors (Lipinski definition) is 6. The minimum atomic E-state index is -4.47. The Morgan fingerprint density at radius 1 is 1.10 bits per heavy atom. The maximum Gasteiger partial charge on any atom is 0.416 e. The molecule has 1 aromatic heterocycles. The predicted molar refractivity (Wildman–Crippen MR) is 105 cm³/mol. The standard InChI is InChI=1S/C20H20F3N5O3/c1-30-16-7-6-13(10-17(16)31-2)8-9-24-18(29)12-28-26-19(25-27-28)14-4-3-5-15(11-14)20(21,22)23/h3-7,10-11H,8-9,12H2,1-2H3,(H,24,29). The van der Waals surface area contributed by atoms with Gasteiger partial charge in [-0.25, -0.2) is 0 Å². The summed E-state index contributed by atoms with van der Waals surface area (Å²) in [5, 5.41) is 14.2. The second kappa shape index (κ2) is 9.45. The molecule has 0 bridgehead atoms. The van der Waals surface area contributed by atoms with Crippen LogP contribution in [0.4, 0.5) is 13.2 Å². The molecule has 0 spiro atoms. The third-order valence-electron chi connectivity index (χ3n) is 4.37. The molecule has 0 atom stereocenters. The largest absolute Gasteiger partial charge is 0.493 e. The lowest BCUT2D eigenvalue weighted by Gasteiger charge is -2.10. The number of nitrogens with zero attached hydrogens (tertiary/aromatic N) is 4. The van der Waals surface area contributed by atoms with E-state index in [2.05, 4.69) is 20.7 Å². The Morgan fingerprint density at radius 2 is 1.87 bits per heavy atom. The number of nitrogens with one attached hydrogen (secondary N) is 1. The topological polar surface area (TPSA) is 91.2 Å². The van der Waals surface area contributed by atoms with Crippen LogP contribution in [-0.2, 0) is 23.9 Å². The number of carbonyl (C=O) groups excluding carboxylic acids is 1. The van der Waals surface area contributed by atoms with Gasteiger partial charge in [0.05, 0.1) is 19.8 Å². The summed E-state index contributed by atoms with van der Waals surface area (Å²) in [5.41, 5.74) is 0.299. The second-order valence-electron chi connectivity index (χ2n) is 6.51. The zero-order valence-corrected chi connectivity index (χ0v) is 16.8. The number of amides is 1. The van der Waals surface area contributed by atoms with Crippen LogP contribution in [0.15, 0.2) is 42.5 Å². The molecule has 31 heavy (non-hydrogen) atoms. The number of aromatic nitrogens is 4. The van der Waals surface area contributed by atoms with Gasteiger partial charge in [-0.05, 0) is 41.5 Å². The Kier molecular flexibility index (Phi) is 6.73. The lowest BCUT2D eigenvalue weighted by atomic mass is 10.1. The molecule has 0 aliphatic carbocycles. The average molecular weight is 435 g/mol. The van der Waals surface area contributed by atoms with Crippen molar-refractivity contribution < 1.29 is 27.4 Å². The number of benzene rings is 2. The Morgan fingerprint density at radius 3 is 2.58 bits per heavy atom. The van der Waals surface area contributed by atoms with Crippen molar-refractivity contribution in [3.63, 3.8) is 0 Å². The van der Waals surface area contributed by atoms with Gasteiger partial charge in [0.15, 0.2) is 11.5 Å². The van der Waals surface area contributed by atoms with E-state index in [0.29, 0.717) is 24.5 Å². The van der Waals surface area contributed by atoms with Crippen LogP contribution >= 0.6 is 0 Å². The highest BCUT2D eigenvalue weighted by Crippen LogP contribution is 2.31. The van der Waals surface area contributed by atoms with Crippen LogP contribution in [0.25, 0.3) is 11.4 Å². The highest BCUT2D eigenvalue weighted by molar-refractivity contribution is 5.75. The van der Waals surface area contributed by atoms with E-state index in [1.165, 1.54) is 12.1 Å². The lowest BCUT2D eigenvalue weighted by molar-refractivity contribution is -0.137. The van der Waals surface area contributed by atoms with Gasteiger partial charge in [0, 0.05) is 12.1 Å². The number of carbonyl (C=O) groups is 1. The molecule has 3 aromatic rings. The summed E-state index contributed by atoms with van der Waals surface area (Å²) in [6.45, 7) is 0.154. The predicted octanol–water partition coefficient (Wildman–Crippen LogP) is 2.74. The number of tetrazole rings is 1. The van der Waals surface area contributed by atoms with E-state index in [9.17, 15) is 18.0 Å². The molecule has 0 aliphatic rings. The maximum absolute atomic E-state index is 12.9. The molecule has 0 unspecified atom stereocenters. The third kappa shape index (κ3) is 5.71. The molecule has 1 N–H and O–H groups in total. The molecule has 0 saturated heterocycles. The SMILES string of the molecule is COc1ccc(CCNC(=O)Cn2nnc(-c3cccc(C(F)(F)F)c3)n2)cc1OC. The molecule has 2 aromatic carbocycles. The third-order valence-corrected chi connectivity index (χ3v) is 4.37. The molecule has 11 heteroatoms. The van der Waals surface area contributed by atoms with E-state index in [0.717, 1.165) is 22.5 Å². The second-order valence-corrected chi connectivity index (χ2v) is 6.51. The van der Waals surface area contributed by atoms with Crippen LogP contribution in [0.2, 0.25) is 0 Å². The van der Waals surface area contributed by atoms with Gasteiger partial charge in [0.2, 0.25) is 11.7 Å². The number of hydrogen-bond donors (Lipinski definition) is 1. The van der Waals surface area contributed by atoms with E-state index in [1.54, 1.807) is 20.3 Å². The number of methoxy groups -OCH3 is 2. The zero-order chi connectivity index (χ0) is 22.4. The monoisotopic (exact) mass is 435 g/mol. The molecule has 0 saturated carbocycles. The van der Waals surface area contributed by atoms with Crippen molar-refractivity contribution in [1.29, 1.82) is 0 Å². The van der Waals surface area contributed by atoms with Crippen molar-refractivity contribution in [2.45, 2.75) is 19.1 Å². The van der Waals surface area contributed by atoms with E-state index in [1.807, 2.05) is 12.1 Å². The first kappa shape index (κ1) is 22.1. The van der Waals surface area contributed by atoms with Crippen LogP contribution in [0.3, 0.4) is 0 Å². The smallest absolute Gasteiger partial charge is 0.416 e. The highest BCUT2D eigenvalue weighted by atomic mass is 19.4. The minimum absolute atomic E-state index is 0.00391. The zero-order valence-electron chi connectivity index (χ0n) is 16.8. The fourth-order valence-corrected chi connectivity index (χ4v) is 2.83. The summed E-state index contributed by atoms with van der Waals surface area (Å²) in [7, 11) is 3.09. The fraction of sp³-hybridized carbons (Fsp3) is 0.300. The molecule has 8 nitrogen and oxygen atoms in total. The van der Waals surface area contributed by atoms with Crippen LogP contribution in [-0.4, -0.2) is 46.9 Å². The van der Waals surface area contributed by atoms with E-state index in [-0.39, 0.29) is 23.8 Å². The van der Waals surface area contributed by atoms with Crippen molar-refractivity contribution in [2.75, 3.05) is 20.8 Å². The van der Waals surface area contributed by atoms with Crippen LogP contribution in [0.1, 0.15) is 11.1 Å². The Hall–Kier alpha value is -3.63. The first-order valence-electron chi connectivity index (χ1n) is 9.23. The first-order valence-corrected chi connectivity index (χ1v) is 9.23. The maximum atomic E-state index is 12.9. The van der Waals surface area contributed by atoms with Crippen LogP contribution in [0.5, 0.6) is 11.5 Å². The van der Waals surface area contributed by atoms with Gasteiger partial charge in [-0.2, -0.15) is 18.0 Å². The Bertz CT molecular complexity index is 1050. The molecule has 164 valence electrons. The summed E-state index contributed by atoms with van der Waals surface area (Å²) in [6, 6.07) is 10.1. The van der Waals surface area contributed by atoms with Crippen molar-refractivity contribution in [3.05, 3.63) is 53.6 Å². The van der Waals surface area contributed by atoms with Gasteiger partial charge in [0.1, 0.15) is 6.54 Å². The molecule has 3 rings (SSSR count). The molecule has 1 heterocycles. The normalized spacial score (nSPS) is 11.3. The van der Waals surface area contributed by atoms with E-state index < -0.39 is 11.7 Å². The quantitative estimate of drug-likeness (QED) is 0.585. The van der Waals surface area contributed by atoms with Crippen molar-refractivity contribution in [1.82, 2.24) is 25.5 Å². The molecule has 0 aliphatic heterocycles. The number of alkyl halides is 3. The Balaban J connectivity index is 1.55. The van der Waals surface area contributed by atoms with Gasteiger partial charge in [-0.3, -0.25) is 4.79 Å². The van der Waals surface area contributed by atoms with Gasteiger partial charge in [0.25, 0.3) is 0 Å². The summed E-state index contributed by atoms with van der Waals surface area (Å²) >= 11 is 0. The van der Waals surface area contributed by atoms with Gasteiger partial charge >= 0.3 is 6.18 Å². The average Bonchev–Trinajstić information content (AvgIpc) is 3.21. The minimum Gasteiger partial charge on any atom is -0.493 e. The molecule has 0 fully saturated rings. The molecule has 1 amide bonds. The first-order chi connectivity index (χ1) is 14.8. The van der Waals surface area contributed by atoms with Crippen molar-refractivity contribution >= 4 is 5.91 Å². The summed E-state index contributed by atoms with van der Waals surface area (Å²) in [4.78, 5) is 13.2. The fourth-order valence-electron chi connectivity index (χ4n) is 2.83. The van der Waals surface area contributed by atoms with Crippen LogP contribution in [0, 0.1) is 0 Å².